The van der Waals surface area contributed by atoms with Crippen molar-refractivity contribution < 1.29 is 14.6 Å². The molecule has 1 atom stereocenters. The Morgan fingerprint density at radius 1 is 1.70 bits per heavy atom. The molecule has 0 aliphatic rings. The van der Waals surface area contributed by atoms with E-state index in [4.69, 9.17) is 5.11 Å². The minimum absolute atomic E-state index is 0.182. The van der Waals surface area contributed by atoms with Gasteiger partial charge in [0.25, 0.3) is 0 Å². The molecule has 0 aromatic heterocycles. The number of carbonyl (C=O) groups excluding carboxylic acids is 1. The Hall–Kier alpha value is -0.770. The molecule has 0 saturated heterocycles. The molecule has 10 heavy (non-hydrogen) atoms. The normalized spacial score (nSPS) is 12.9. The zero-order valence-electron chi connectivity index (χ0n) is 6.13. The predicted octanol–water partition coefficient (Wildman–Crippen LogP) is 0.273. The van der Waals surface area contributed by atoms with Crippen molar-refractivity contribution in [3.05, 3.63) is 6.92 Å². The summed E-state index contributed by atoms with van der Waals surface area (Å²) < 4.78 is 4.61. The predicted molar refractivity (Wildman–Crippen MR) is 36.1 cm³/mol. The molecule has 0 spiro atoms. The summed E-state index contributed by atoms with van der Waals surface area (Å²) >= 11 is 0. The first-order valence-electron chi connectivity index (χ1n) is 3.00. The summed E-state index contributed by atoms with van der Waals surface area (Å²) in [6.45, 7) is 6.56. The average Bonchev–Trinajstić information content (AvgIpc) is 1.58. The minimum Gasteiger partial charge on any atom is -0.447 e. The van der Waals surface area contributed by atoms with Crippen LogP contribution in [0.2, 0.25) is 0 Å². The van der Waals surface area contributed by atoms with Gasteiger partial charge in [0.1, 0.15) is 6.23 Å². The fourth-order valence-electron chi connectivity index (χ4n) is 0.384. The maximum absolute atomic E-state index is 10.5. The second-order valence-electron chi connectivity index (χ2n) is 2.11. The smallest absolute Gasteiger partial charge is 0.409 e. The van der Waals surface area contributed by atoms with E-state index in [1.165, 1.54) is 0 Å². The Bertz CT molecular complexity index is 99.6. The highest BCUT2D eigenvalue weighted by atomic mass is 16.6. The number of aliphatic hydroxyl groups excluding tert-OH is 1. The van der Waals surface area contributed by atoms with E-state index >= 15 is 0 Å². The summed E-state index contributed by atoms with van der Waals surface area (Å²) in [6, 6.07) is 0. The molecule has 0 bridgehead atoms. The van der Waals surface area contributed by atoms with Crippen LogP contribution in [0.25, 0.3) is 0 Å². The third-order valence-corrected chi connectivity index (χ3v) is 0.627. The summed E-state index contributed by atoms with van der Waals surface area (Å²) in [7, 11) is 0. The van der Waals surface area contributed by atoms with Gasteiger partial charge in [-0.3, -0.25) is 5.32 Å². The molecule has 2 N–H and O–H groups in total. The maximum atomic E-state index is 10.5. The quantitative estimate of drug-likeness (QED) is 0.550. The van der Waals surface area contributed by atoms with Gasteiger partial charge in [0, 0.05) is 0 Å². The number of nitrogens with one attached hydrogen (secondary N) is 1. The number of rotatable bonds is 2. The summed E-state index contributed by atoms with van der Waals surface area (Å²) in [4.78, 5) is 10.5. The number of hydrogen-bond donors (Lipinski definition) is 2. The summed E-state index contributed by atoms with van der Waals surface area (Å²) in [6.07, 6.45) is -1.94. The van der Waals surface area contributed by atoms with E-state index in [9.17, 15) is 4.79 Å². The Balaban J connectivity index is 3.44. The lowest BCUT2D eigenvalue weighted by Gasteiger charge is -2.10. The molecular weight excluding hydrogens is 134 g/mol. The van der Waals surface area contributed by atoms with Crippen LogP contribution in [0.4, 0.5) is 4.79 Å². The third-order valence-electron chi connectivity index (χ3n) is 0.627. The SMILES string of the molecule is [CH2]C(O)NC(=O)OC(C)C. The first-order chi connectivity index (χ1) is 4.52. The van der Waals surface area contributed by atoms with Gasteiger partial charge in [-0.15, -0.1) is 0 Å². The molecule has 0 heterocycles. The number of carbonyl (C=O) groups is 1. The van der Waals surface area contributed by atoms with Gasteiger partial charge >= 0.3 is 6.09 Å². The fourth-order valence-corrected chi connectivity index (χ4v) is 0.384. The number of ether oxygens (including phenoxy) is 1. The van der Waals surface area contributed by atoms with Crippen molar-refractivity contribution >= 4 is 6.09 Å². The molecule has 0 aromatic carbocycles. The van der Waals surface area contributed by atoms with Crippen LogP contribution in [-0.2, 0) is 4.74 Å². The Morgan fingerprint density at radius 2 is 2.20 bits per heavy atom. The first-order valence-corrected chi connectivity index (χ1v) is 3.00. The number of aliphatic hydroxyl groups is 1. The minimum atomic E-state index is -1.11. The fraction of sp³-hybridized carbons (Fsp3) is 0.667. The molecule has 0 aliphatic carbocycles. The van der Waals surface area contributed by atoms with Gasteiger partial charge in [-0.1, -0.05) is 0 Å². The second-order valence-corrected chi connectivity index (χ2v) is 2.11. The van der Waals surface area contributed by atoms with Crippen LogP contribution < -0.4 is 5.32 Å². The van der Waals surface area contributed by atoms with Gasteiger partial charge in [0.05, 0.1) is 6.10 Å². The van der Waals surface area contributed by atoms with Crippen molar-refractivity contribution in [2.24, 2.45) is 0 Å². The first kappa shape index (κ1) is 9.23. The summed E-state index contributed by atoms with van der Waals surface area (Å²) in [5.74, 6) is 0. The van der Waals surface area contributed by atoms with Crippen LogP contribution in [-0.4, -0.2) is 23.5 Å². The molecule has 0 saturated carbocycles. The monoisotopic (exact) mass is 146 g/mol. The van der Waals surface area contributed by atoms with Gasteiger partial charge in [-0.05, 0) is 20.8 Å². The lowest BCUT2D eigenvalue weighted by atomic mass is 10.5. The zero-order valence-corrected chi connectivity index (χ0v) is 6.13. The molecule has 0 aliphatic heterocycles. The van der Waals surface area contributed by atoms with E-state index in [2.05, 4.69) is 17.0 Å². The van der Waals surface area contributed by atoms with Gasteiger partial charge in [-0.25, -0.2) is 4.79 Å². The molecule has 1 amide bonds. The molecule has 4 heteroatoms. The van der Waals surface area contributed by atoms with Crippen molar-refractivity contribution in [1.29, 1.82) is 0 Å². The average molecular weight is 146 g/mol. The van der Waals surface area contributed by atoms with E-state index in [0.717, 1.165) is 0 Å². The van der Waals surface area contributed by atoms with Gasteiger partial charge < -0.3 is 9.84 Å². The van der Waals surface area contributed by atoms with Crippen LogP contribution in [0.15, 0.2) is 0 Å². The highest BCUT2D eigenvalue weighted by Gasteiger charge is 2.05. The number of alkyl carbamates (subject to hydrolysis) is 1. The second kappa shape index (κ2) is 4.11. The molecule has 0 rings (SSSR count). The lowest BCUT2D eigenvalue weighted by molar-refractivity contribution is 0.0935. The Kier molecular flexibility index (Phi) is 3.79. The van der Waals surface area contributed by atoms with Crippen molar-refractivity contribution in [2.45, 2.75) is 26.2 Å². The molecule has 1 radical (unpaired) electrons. The van der Waals surface area contributed by atoms with Crippen LogP contribution in [0, 0.1) is 6.92 Å². The van der Waals surface area contributed by atoms with Gasteiger partial charge in [0.2, 0.25) is 0 Å². The molecule has 0 fully saturated rings. The van der Waals surface area contributed by atoms with E-state index < -0.39 is 12.3 Å². The van der Waals surface area contributed by atoms with Gasteiger partial charge in [-0.2, -0.15) is 0 Å². The van der Waals surface area contributed by atoms with Crippen LogP contribution >= 0.6 is 0 Å². The number of amides is 1. The van der Waals surface area contributed by atoms with Crippen molar-refractivity contribution in [3.8, 4) is 0 Å². The van der Waals surface area contributed by atoms with E-state index in [1.807, 2.05) is 0 Å². The standard InChI is InChI=1S/C6H12NO3/c1-4(2)10-6(9)7-5(3)8/h4-5,8H,3H2,1-2H3,(H,7,9). The molecule has 4 nitrogen and oxygen atoms in total. The van der Waals surface area contributed by atoms with Crippen LogP contribution in [0.5, 0.6) is 0 Å². The van der Waals surface area contributed by atoms with Crippen molar-refractivity contribution in [3.63, 3.8) is 0 Å². The maximum Gasteiger partial charge on any atom is 0.409 e. The van der Waals surface area contributed by atoms with Crippen LogP contribution in [0.3, 0.4) is 0 Å². The summed E-state index contributed by atoms with van der Waals surface area (Å²) in [5, 5.41) is 10.6. The highest BCUT2D eigenvalue weighted by Crippen LogP contribution is 1.88. The van der Waals surface area contributed by atoms with E-state index in [-0.39, 0.29) is 6.10 Å². The Labute approximate surface area is 60.2 Å². The lowest BCUT2D eigenvalue weighted by Crippen LogP contribution is -2.34. The topological polar surface area (TPSA) is 58.6 Å². The third kappa shape index (κ3) is 5.37. The van der Waals surface area contributed by atoms with E-state index in [1.54, 1.807) is 13.8 Å². The number of hydrogen-bond acceptors (Lipinski definition) is 3. The molecule has 1 unspecified atom stereocenters. The van der Waals surface area contributed by atoms with Crippen molar-refractivity contribution in [1.82, 2.24) is 5.32 Å². The zero-order chi connectivity index (χ0) is 8.15. The largest absolute Gasteiger partial charge is 0.447 e. The molecule has 0 aromatic rings. The van der Waals surface area contributed by atoms with Crippen molar-refractivity contribution in [2.75, 3.05) is 0 Å². The van der Waals surface area contributed by atoms with E-state index in [0.29, 0.717) is 0 Å². The molecule has 59 valence electrons. The van der Waals surface area contributed by atoms with Gasteiger partial charge in [0.15, 0.2) is 0 Å². The summed E-state index contributed by atoms with van der Waals surface area (Å²) in [5.41, 5.74) is 0. The molecular formula is C6H12NO3. The Morgan fingerprint density at radius 3 is 2.50 bits per heavy atom. The highest BCUT2D eigenvalue weighted by molar-refractivity contribution is 5.67. The van der Waals surface area contributed by atoms with Crippen LogP contribution in [0.1, 0.15) is 13.8 Å².